The standard InChI is InChI=1S/C44H60N2O7S/c1-4-22-46(43(49)31-18-19-31)40-30-38(45-52-6-3)36-28-32(14-10-12-23-47)35(17-11-13-24-48)41-37-29-33(50-26-27-54-34-15-8-7-9-16-34)20-21-39(37)53-44(40,42(36)41)51-25-5-2/h5,7-9,15-16,20-21,28-29,31-32,35,40-42,47-48H,2,4,6,10-14,17-19,22-27,30H2,1,3H3. The zero-order valence-corrected chi connectivity index (χ0v) is 33.0. The number of fused-ring (bicyclic) bond motifs is 2. The van der Waals surface area contributed by atoms with E-state index in [1.807, 2.05) is 30.0 Å². The molecule has 6 rings (SSSR count). The average molecular weight is 761 g/mol. The van der Waals surface area contributed by atoms with E-state index in [0.717, 1.165) is 91.9 Å². The third-order valence-corrected chi connectivity index (χ3v) is 12.3. The number of benzene rings is 2. The Morgan fingerprint density at radius 3 is 2.56 bits per heavy atom. The monoisotopic (exact) mass is 760 g/mol. The van der Waals surface area contributed by atoms with Crippen molar-refractivity contribution in [3.05, 3.63) is 78.4 Å². The highest BCUT2D eigenvalue weighted by Gasteiger charge is 2.65. The molecule has 2 saturated carbocycles. The van der Waals surface area contributed by atoms with Gasteiger partial charge in [-0.3, -0.25) is 4.79 Å². The van der Waals surface area contributed by atoms with Gasteiger partial charge in [-0.15, -0.1) is 18.3 Å². The molecule has 4 aliphatic rings. The van der Waals surface area contributed by atoms with Crippen molar-refractivity contribution in [1.29, 1.82) is 0 Å². The molecule has 2 aromatic carbocycles. The van der Waals surface area contributed by atoms with Gasteiger partial charge in [0.15, 0.2) is 0 Å². The molecule has 6 atom stereocenters. The number of rotatable bonds is 22. The molecule has 0 spiro atoms. The van der Waals surface area contributed by atoms with E-state index in [1.54, 1.807) is 17.8 Å². The van der Waals surface area contributed by atoms with Crippen LogP contribution in [0.1, 0.15) is 89.5 Å². The number of aliphatic hydroxyl groups is 2. The molecular weight excluding hydrogens is 701 g/mol. The summed E-state index contributed by atoms with van der Waals surface area (Å²) in [4.78, 5) is 23.3. The third kappa shape index (κ3) is 9.04. The minimum Gasteiger partial charge on any atom is -0.493 e. The van der Waals surface area contributed by atoms with Crippen molar-refractivity contribution in [3.8, 4) is 11.5 Å². The number of ether oxygens (including phenoxy) is 3. The zero-order valence-electron chi connectivity index (χ0n) is 32.2. The maximum atomic E-state index is 14.2. The van der Waals surface area contributed by atoms with Gasteiger partial charge in [0.25, 0.3) is 0 Å². The molecular formula is C44H60N2O7S. The number of thioether (sulfide) groups is 1. The number of aliphatic hydroxyl groups excluding tert-OH is 2. The van der Waals surface area contributed by atoms with Crippen LogP contribution in [-0.4, -0.2) is 83.9 Å². The number of amides is 1. The zero-order chi connectivity index (χ0) is 37.9. The normalized spacial score (nSPS) is 26.3. The molecule has 2 aromatic rings. The summed E-state index contributed by atoms with van der Waals surface area (Å²) in [5, 5.41) is 24.5. The van der Waals surface area contributed by atoms with Crippen LogP contribution in [0.4, 0.5) is 0 Å². The van der Waals surface area contributed by atoms with Crippen molar-refractivity contribution in [2.24, 2.45) is 28.8 Å². The van der Waals surface area contributed by atoms with Crippen molar-refractivity contribution >= 4 is 23.4 Å². The Kier molecular flexibility index (Phi) is 14.6. The molecule has 1 aliphatic heterocycles. The number of nitrogens with zero attached hydrogens (tertiary/aromatic N) is 2. The second-order valence-electron chi connectivity index (χ2n) is 15.0. The van der Waals surface area contributed by atoms with Crippen LogP contribution in [0, 0.1) is 23.7 Å². The van der Waals surface area contributed by atoms with Crippen LogP contribution >= 0.6 is 11.8 Å². The maximum Gasteiger partial charge on any atom is 0.239 e. The van der Waals surface area contributed by atoms with E-state index in [9.17, 15) is 15.0 Å². The minimum atomic E-state index is -1.21. The second-order valence-corrected chi connectivity index (χ2v) is 16.2. The quantitative estimate of drug-likeness (QED) is 0.0536. The van der Waals surface area contributed by atoms with Crippen molar-refractivity contribution < 1.29 is 34.1 Å². The topological polar surface area (TPSA) is 110 Å². The molecule has 0 saturated heterocycles. The summed E-state index contributed by atoms with van der Waals surface area (Å²) >= 11 is 1.77. The van der Waals surface area contributed by atoms with Gasteiger partial charge in [0, 0.05) is 54.2 Å². The largest absolute Gasteiger partial charge is 0.493 e. The van der Waals surface area contributed by atoms with Gasteiger partial charge in [0.1, 0.15) is 24.1 Å². The molecule has 1 amide bonds. The molecule has 294 valence electrons. The van der Waals surface area contributed by atoms with Gasteiger partial charge in [-0.25, -0.2) is 0 Å². The fourth-order valence-corrected chi connectivity index (χ4v) is 9.69. The molecule has 0 aromatic heterocycles. The summed E-state index contributed by atoms with van der Waals surface area (Å²) in [6.07, 6.45) is 12.2. The summed E-state index contributed by atoms with van der Waals surface area (Å²) < 4.78 is 20.8. The first-order valence-electron chi connectivity index (χ1n) is 20.3. The van der Waals surface area contributed by atoms with Crippen LogP contribution in [0.25, 0.3) is 0 Å². The Hall–Kier alpha value is -3.31. The van der Waals surface area contributed by atoms with Crippen molar-refractivity contribution in [3.63, 3.8) is 0 Å². The third-order valence-electron chi connectivity index (χ3n) is 11.4. The van der Waals surface area contributed by atoms with Gasteiger partial charge in [0.05, 0.1) is 24.8 Å². The summed E-state index contributed by atoms with van der Waals surface area (Å²) in [7, 11) is 0. The highest BCUT2D eigenvalue weighted by Crippen LogP contribution is 2.62. The van der Waals surface area contributed by atoms with E-state index in [4.69, 9.17) is 24.2 Å². The van der Waals surface area contributed by atoms with Crippen LogP contribution in [0.2, 0.25) is 0 Å². The van der Waals surface area contributed by atoms with Crippen molar-refractivity contribution in [2.75, 3.05) is 45.3 Å². The number of carbonyl (C=O) groups is 1. The Balaban J connectivity index is 1.48. The molecule has 2 N–H and O–H groups in total. The Morgan fingerprint density at radius 2 is 1.85 bits per heavy atom. The Morgan fingerprint density at radius 1 is 1.07 bits per heavy atom. The molecule has 0 bridgehead atoms. The van der Waals surface area contributed by atoms with E-state index < -0.39 is 11.8 Å². The number of hydrogen-bond donors (Lipinski definition) is 2. The molecule has 0 radical (unpaired) electrons. The van der Waals surface area contributed by atoms with Gasteiger partial charge in [-0.05, 0) is 99.6 Å². The molecule has 54 heavy (non-hydrogen) atoms. The number of oxime groups is 1. The Bertz CT molecular complexity index is 1600. The van der Waals surface area contributed by atoms with E-state index in [1.165, 1.54) is 4.90 Å². The van der Waals surface area contributed by atoms with Gasteiger partial charge in [-0.1, -0.05) is 55.3 Å². The molecule has 2 fully saturated rings. The van der Waals surface area contributed by atoms with Crippen LogP contribution in [0.5, 0.6) is 11.5 Å². The van der Waals surface area contributed by atoms with Crippen molar-refractivity contribution in [1.82, 2.24) is 4.90 Å². The fourth-order valence-electron chi connectivity index (χ4n) is 8.94. The molecule has 10 heteroatoms. The van der Waals surface area contributed by atoms with Crippen LogP contribution in [0.3, 0.4) is 0 Å². The highest BCUT2D eigenvalue weighted by atomic mass is 32.2. The first-order chi connectivity index (χ1) is 26.5. The van der Waals surface area contributed by atoms with E-state index in [0.29, 0.717) is 26.2 Å². The summed E-state index contributed by atoms with van der Waals surface area (Å²) in [5.41, 5.74) is 2.98. The number of carbonyl (C=O) groups excluding carboxylic acids is 1. The summed E-state index contributed by atoms with van der Waals surface area (Å²) in [6, 6.07) is 16.1. The minimum absolute atomic E-state index is 0.0251. The molecule has 9 nitrogen and oxygen atoms in total. The highest BCUT2D eigenvalue weighted by molar-refractivity contribution is 7.99. The Labute approximate surface area is 326 Å². The lowest BCUT2D eigenvalue weighted by Gasteiger charge is -2.60. The predicted molar refractivity (Wildman–Crippen MR) is 214 cm³/mol. The lowest BCUT2D eigenvalue weighted by atomic mass is 9.55. The van der Waals surface area contributed by atoms with Crippen LogP contribution < -0.4 is 9.47 Å². The lowest BCUT2D eigenvalue weighted by Crippen LogP contribution is -2.70. The second kappa shape index (κ2) is 19.5. The molecule has 3 aliphatic carbocycles. The first-order valence-corrected chi connectivity index (χ1v) is 21.3. The SMILES string of the molecule is C=CCOC12Oc3ccc(OCCSc4ccccc4)cc3C3C(CCCCO)C(CCCCO)C=C(C(=NOCC)CC1N(CCC)C(=O)C1CC1)C32. The smallest absolute Gasteiger partial charge is 0.239 e. The van der Waals surface area contributed by atoms with E-state index in [2.05, 4.69) is 49.9 Å². The van der Waals surface area contributed by atoms with E-state index in [-0.39, 0.29) is 55.3 Å². The first kappa shape index (κ1) is 40.4. The molecule has 6 unspecified atom stereocenters. The number of allylic oxidation sites excluding steroid dienone is 1. The predicted octanol–water partition coefficient (Wildman–Crippen LogP) is 8.16. The maximum absolute atomic E-state index is 14.2. The van der Waals surface area contributed by atoms with Crippen molar-refractivity contribution in [2.45, 2.75) is 101 Å². The van der Waals surface area contributed by atoms with Gasteiger partial charge in [0.2, 0.25) is 11.7 Å². The fraction of sp³-hybridized carbons (Fsp3) is 0.591. The summed E-state index contributed by atoms with van der Waals surface area (Å²) in [5.74, 6) is 1.33. The molecule has 1 heterocycles. The summed E-state index contributed by atoms with van der Waals surface area (Å²) in [6.45, 7) is 10.2. The lowest BCUT2D eigenvalue weighted by molar-refractivity contribution is -0.257. The number of unbranched alkanes of at least 4 members (excludes halogenated alkanes) is 2. The van der Waals surface area contributed by atoms with Gasteiger partial charge in [-0.2, -0.15) is 0 Å². The van der Waals surface area contributed by atoms with E-state index >= 15 is 0 Å². The van der Waals surface area contributed by atoms with Crippen LogP contribution in [0.15, 0.2) is 82.9 Å². The average Bonchev–Trinajstić information content (AvgIpc) is 4.05. The van der Waals surface area contributed by atoms with Gasteiger partial charge < -0.3 is 34.2 Å². The number of hydrogen-bond acceptors (Lipinski definition) is 9. The van der Waals surface area contributed by atoms with Crippen LogP contribution in [-0.2, 0) is 14.4 Å². The van der Waals surface area contributed by atoms with Gasteiger partial charge >= 0.3 is 0 Å².